The van der Waals surface area contributed by atoms with E-state index in [9.17, 15) is 0 Å². The standard InChI is InChI=1S/C18H30N2/c1-13-9-14(2)11-16(10-13)20(6)12-15-7-8-18(3,4)17(15)19-5/h9-11,15,17,19H,7-8,12H2,1-6H3. The largest absolute Gasteiger partial charge is 0.374 e. The third-order valence-corrected chi connectivity index (χ3v) is 4.94. The normalized spacial score (nSPS) is 24.9. The Labute approximate surface area is 124 Å². The summed E-state index contributed by atoms with van der Waals surface area (Å²) in [6.07, 6.45) is 2.65. The van der Waals surface area contributed by atoms with Crippen LogP contribution < -0.4 is 10.2 Å². The molecule has 2 heteroatoms. The van der Waals surface area contributed by atoms with Gasteiger partial charge in [-0.1, -0.05) is 19.9 Å². The van der Waals surface area contributed by atoms with Gasteiger partial charge < -0.3 is 10.2 Å². The Morgan fingerprint density at radius 2 is 1.80 bits per heavy atom. The molecule has 1 N–H and O–H groups in total. The highest BCUT2D eigenvalue weighted by atomic mass is 15.1. The number of hydrogen-bond acceptors (Lipinski definition) is 2. The summed E-state index contributed by atoms with van der Waals surface area (Å²) in [5.74, 6) is 0.737. The van der Waals surface area contributed by atoms with Gasteiger partial charge in [-0.05, 0) is 68.3 Å². The first-order valence-corrected chi connectivity index (χ1v) is 7.80. The molecule has 20 heavy (non-hydrogen) atoms. The van der Waals surface area contributed by atoms with Gasteiger partial charge in [0.2, 0.25) is 0 Å². The van der Waals surface area contributed by atoms with Gasteiger partial charge in [0.1, 0.15) is 0 Å². The number of nitrogens with one attached hydrogen (secondary N) is 1. The summed E-state index contributed by atoms with van der Waals surface area (Å²) >= 11 is 0. The number of rotatable bonds is 4. The minimum atomic E-state index is 0.419. The molecule has 1 saturated carbocycles. The van der Waals surface area contributed by atoms with Crippen LogP contribution in [0.3, 0.4) is 0 Å². The van der Waals surface area contributed by atoms with Crippen molar-refractivity contribution in [2.75, 3.05) is 25.5 Å². The zero-order valence-electron chi connectivity index (χ0n) is 14.0. The predicted octanol–water partition coefficient (Wildman–Crippen LogP) is 3.76. The van der Waals surface area contributed by atoms with Crippen LogP contribution in [0, 0.1) is 25.2 Å². The molecule has 2 atom stereocenters. The average Bonchev–Trinajstić information content (AvgIpc) is 2.62. The molecule has 1 aromatic rings. The summed E-state index contributed by atoms with van der Waals surface area (Å²) in [4.78, 5) is 2.43. The number of anilines is 1. The van der Waals surface area contributed by atoms with Crippen molar-refractivity contribution < 1.29 is 0 Å². The Morgan fingerprint density at radius 1 is 1.20 bits per heavy atom. The third kappa shape index (κ3) is 3.17. The summed E-state index contributed by atoms with van der Waals surface area (Å²) in [6.45, 7) is 10.3. The van der Waals surface area contributed by atoms with Gasteiger partial charge in [0.05, 0.1) is 0 Å². The maximum atomic E-state index is 3.56. The van der Waals surface area contributed by atoms with Crippen LogP contribution in [0.2, 0.25) is 0 Å². The zero-order valence-corrected chi connectivity index (χ0v) is 14.0. The van der Waals surface area contributed by atoms with Crippen molar-refractivity contribution in [2.24, 2.45) is 11.3 Å². The van der Waals surface area contributed by atoms with Gasteiger partial charge in [-0.3, -0.25) is 0 Å². The summed E-state index contributed by atoms with van der Waals surface area (Å²) in [7, 11) is 4.34. The van der Waals surface area contributed by atoms with E-state index in [1.165, 1.54) is 29.7 Å². The molecule has 0 aliphatic heterocycles. The van der Waals surface area contributed by atoms with Crippen molar-refractivity contribution in [1.29, 1.82) is 0 Å². The molecule has 1 aliphatic carbocycles. The number of nitrogens with zero attached hydrogens (tertiary/aromatic N) is 1. The van der Waals surface area contributed by atoms with Crippen molar-refractivity contribution >= 4 is 5.69 Å². The van der Waals surface area contributed by atoms with Crippen molar-refractivity contribution in [3.63, 3.8) is 0 Å². The lowest BCUT2D eigenvalue weighted by Gasteiger charge is -2.33. The van der Waals surface area contributed by atoms with E-state index in [1.807, 2.05) is 0 Å². The highest BCUT2D eigenvalue weighted by Gasteiger charge is 2.41. The zero-order chi connectivity index (χ0) is 14.9. The van der Waals surface area contributed by atoms with Crippen LogP contribution >= 0.6 is 0 Å². The number of benzene rings is 1. The van der Waals surface area contributed by atoms with Crippen molar-refractivity contribution in [3.8, 4) is 0 Å². The lowest BCUT2D eigenvalue weighted by Crippen LogP contribution is -2.43. The summed E-state index contributed by atoms with van der Waals surface area (Å²) < 4.78 is 0. The molecule has 1 aliphatic rings. The molecule has 0 saturated heterocycles. The van der Waals surface area contributed by atoms with Gasteiger partial charge in [0, 0.05) is 25.3 Å². The second-order valence-corrected chi connectivity index (χ2v) is 7.28. The molecule has 2 unspecified atom stereocenters. The molecule has 2 nitrogen and oxygen atoms in total. The average molecular weight is 274 g/mol. The van der Waals surface area contributed by atoms with Crippen LogP contribution in [0.25, 0.3) is 0 Å². The van der Waals surface area contributed by atoms with Crippen LogP contribution in [0.5, 0.6) is 0 Å². The van der Waals surface area contributed by atoms with Crippen LogP contribution in [0.1, 0.15) is 37.8 Å². The van der Waals surface area contributed by atoms with Crippen LogP contribution in [0.15, 0.2) is 18.2 Å². The quantitative estimate of drug-likeness (QED) is 0.899. The van der Waals surface area contributed by atoms with E-state index in [0.717, 1.165) is 12.5 Å². The van der Waals surface area contributed by atoms with E-state index < -0.39 is 0 Å². The second-order valence-electron chi connectivity index (χ2n) is 7.28. The summed E-state index contributed by atoms with van der Waals surface area (Å²) in [5.41, 5.74) is 4.47. The van der Waals surface area contributed by atoms with Gasteiger partial charge in [0.25, 0.3) is 0 Å². The molecule has 0 spiro atoms. The molecule has 0 radical (unpaired) electrons. The van der Waals surface area contributed by atoms with Gasteiger partial charge in [-0.2, -0.15) is 0 Å². The predicted molar refractivity (Wildman–Crippen MR) is 88.5 cm³/mol. The van der Waals surface area contributed by atoms with E-state index in [2.05, 4.69) is 70.2 Å². The lowest BCUT2D eigenvalue weighted by atomic mass is 9.85. The smallest absolute Gasteiger partial charge is 0.0369 e. The second kappa shape index (κ2) is 5.77. The Bertz CT molecular complexity index is 444. The monoisotopic (exact) mass is 274 g/mol. The van der Waals surface area contributed by atoms with Crippen LogP contribution in [-0.4, -0.2) is 26.7 Å². The molecule has 0 amide bonds. The minimum absolute atomic E-state index is 0.419. The Balaban J connectivity index is 2.10. The molecule has 0 bridgehead atoms. The van der Waals surface area contributed by atoms with Gasteiger partial charge in [-0.15, -0.1) is 0 Å². The molecule has 0 heterocycles. The Hall–Kier alpha value is -1.02. The molecule has 1 aromatic carbocycles. The SMILES string of the molecule is CNC1C(CN(C)c2cc(C)cc(C)c2)CCC1(C)C. The Kier molecular flexibility index (Phi) is 4.43. The highest BCUT2D eigenvalue weighted by Crippen LogP contribution is 2.41. The summed E-state index contributed by atoms with van der Waals surface area (Å²) in [6, 6.07) is 7.45. The fourth-order valence-electron chi connectivity index (χ4n) is 3.97. The van der Waals surface area contributed by atoms with E-state index in [1.54, 1.807) is 0 Å². The first-order valence-electron chi connectivity index (χ1n) is 7.80. The highest BCUT2D eigenvalue weighted by molar-refractivity contribution is 5.50. The molecule has 0 aromatic heterocycles. The number of aryl methyl sites for hydroxylation is 2. The minimum Gasteiger partial charge on any atom is -0.374 e. The van der Waals surface area contributed by atoms with Crippen molar-refractivity contribution in [1.82, 2.24) is 5.32 Å². The maximum absolute atomic E-state index is 3.56. The molecule has 2 rings (SSSR count). The van der Waals surface area contributed by atoms with Crippen LogP contribution in [-0.2, 0) is 0 Å². The van der Waals surface area contributed by atoms with E-state index in [-0.39, 0.29) is 0 Å². The van der Waals surface area contributed by atoms with Gasteiger partial charge in [-0.25, -0.2) is 0 Å². The van der Waals surface area contributed by atoms with E-state index in [0.29, 0.717) is 11.5 Å². The first-order chi connectivity index (χ1) is 9.33. The van der Waals surface area contributed by atoms with E-state index in [4.69, 9.17) is 0 Å². The molecule has 112 valence electrons. The topological polar surface area (TPSA) is 15.3 Å². The van der Waals surface area contributed by atoms with Crippen molar-refractivity contribution in [2.45, 2.75) is 46.6 Å². The van der Waals surface area contributed by atoms with Crippen LogP contribution in [0.4, 0.5) is 5.69 Å². The maximum Gasteiger partial charge on any atom is 0.0369 e. The molecular weight excluding hydrogens is 244 g/mol. The van der Waals surface area contributed by atoms with Gasteiger partial charge >= 0.3 is 0 Å². The molecular formula is C18H30N2. The molecule has 1 fully saturated rings. The first kappa shape index (κ1) is 15.4. The van der Waals surface area contributed by atoms with E-state index >= 15 is 0 Å². The summed E-state index contributed by atoms with van der Waals surface area (Å²) in [5, 5.41) is 3.56. The van der Waals surface area contributed by atoms with Crippen molar-refractivity contribution in [3.05, 3.63) is 29.3 Å². The number of hydrogen-bond donors (Lipinski definition) is 1. The fraction of sp³-hybridized carbons (Fsp3) is 0.667. The van der Waals surface area contributed by atoms with Gasteiger partial charge in [0.15, 0.2) is 0 Å². The fourth-order valence-corrected chi connectivity index (χ4v) is 3.97. The Morgan fingerprint density at radius 3 is 2.35 bits per heavy atom. The third-order valence-electron chi connectivity index (χ3n) is 4.94. The lowest BCUT2D eigenvalue weighted by molar-refractivity contribution is 0.263.